The van der Waals surface area contributed by atoms with E-state index >= 15 is 0 Å². The fourth-order valence-corrected chi connectivity index (χ4v) is 2.59. The molecule has 6 heteroatoms. The van der Waals surface area contributed by atoms with Crippen molar-refractivity contribution in [1.29, 1.82) is 0 Å². The first-order valence-electron chi connectivity index (χ1n) is 8.43. The van der Waals surface area contributed by atoms with Crippen molar-refractivity contribution in [3.63, 3.8) is 0 Å². The Hall–Kier alpha value is -3.54. The molecule has 0 radical (unpaired) electrons. The number of nitrogens with one attached hydrogen (secondary N) is 1. The second-order valence-corrected chi connectivity index (χ2v) is 6.00. The van der Waals surface area contributed by atoms with Crippen LogP contribution in [0.1, 0.15) is 21.5 Å². The summed E-state index contributed by atoms with van der Waals surface area (Å²) in [5.41, 5.74) is 2.05. The summed E-state index contributed by atoms with van der Waals surface area (Å²) in [6.07, 6.45) is 1.49. The minimum atomic E-state index is -0.523. The van der Waals surface area contributed by atoms with Crippen molar-refractivity contribution in [2.45, 2.75) is 13.5 Å². The van der Waals surface area contributed by atoms with Crippen molar-refractivity contribution in [3.8, 4) is 5.75 Å². The summed E-state index contributed by atoms with van der Waals surface area (Å²) < 4.78 is 6.20. The van der Waals surface area contributed by atoms with E-state index in [9.17, 15) is 9.59 Å². The van der Waals surface area contributed by atoms with Crippen molar-refractivity contribution in [1.82, 2.24) is 4.73 Å². The lowest BCUT2D eigenvalue weighted by molar-refractivity contribution is 0.0863. The first-order chi connectivity index (χ1) is 13.1. The predicted octanol–water partition coefficient (Wildman–Crippen LogP) is 3.05. The molecule has 0 atom stereocenters. The quantitative estimate of drug-likeness (QED) is 0.730. The van der Waals surface area contributed by atoms with Gasteiger partial charge in [-0.1, -0.05) is 35.9 Å². The first-order valence-corrected chi connectivity index (χ1v) is 8.43. The number of aromatic nitrogens is 1. The summed E-state index contributed by atoms with van der Waals surface area (Å²) in [5, 5.41) is 2.69. The number of methoxy groups -OCH3 is 1. The van der Waals surface area contributed by atoms with Crippen molar-refractivity contribution in [2.75, 3.05) is 12.4 Å². The van der Waals surface area contributed by atoms with E-state index in [0.717, 1.165) is 15.9 Å². The normalized spacial score (nSPS) is 10.3. The third-order valence-electron chi connectivity index (χ3n) is 3.94. The molecule has 0 saturated heterocycles. The summed E-state index contributed by atoms with van der Waals surface area (Å²) in [6, 6.07) is 17.8. The standard InChI is InChI=1S/C21H20N2O4/c1-15-6-3-7-16(12-15)14-27-23-11-5-10-19(21(23)25)20(24)22-17-8-4-9-18(13-17)26-2/h3-13H,14H2,1-2H3,(H,22,24). The van der Waals surface area contributed by atoms with Crippen LogP contribution in [0.25, 0.3) is 0 Å². The van der Waals surface area contributed by atoms with Crippen LogP contribution in [0.4, 0.5) is 5.69 Å². The largest absolute Gasteiger partial charge is 0.497 e. The van der Waals surface area contributed by atoms with Crippen LogP contribution in [-0.4, -0.2) is 17.7 Å². The molecule has 27 heavy (non-hydrogen) atoms. The van der Waals surface area contributed by atoms with Gasteiger partial charge in [0.15, 0.2) is 0 Å². The number of aryl methyl sites for hydroxylation is 1. The molecule has 1 aromatic heterocycles. The van der Waals surface area contributed by atoms with Gasteiger partial charge in [0, 0.05) is 18.0 Å². The van der Waals surface area contributed by atoms with Gasteiger partial charge in [0.25, 0.3) is 11.5 Å². The molecule has 138 valence electrons. The lowest BCUT2D eigenvalue weighted by atomic mass is 10.1. The molecule has 0 saturated carbocycles. The number of ether oxygens (including phenoxy) is 1. The van der Waals surface area contributed by atoms with Gasteiger partial charge in [-0.15, -0.1) is 0 Å². The van der Waals surface area contributed by atoms with Crippen molar-refractivity contribution in [3.05, 3.63) is 93.9 Å². The van der Waals surface area contributed by atoms with Gasteiger partial charge >= 0.3 is 0 Å². The van der Waals surface area contributed by atoms with Crippen LogP contribution in [0.15, 0.2) is 71.7 Å². The van der Waals surface area contributed by atoms with E-state index in [0.29, 0.717) is 11.4 Å². The molecule has 1 amide bonds. The molecule has 2 aromatic carbocycles. The molecule has 0 unspecified atom stereocenters. The predicted molar refractivity (Wildman–Crippen MR) is 103 cm³/mol. The van der Waals surface area contributed by atoms with E-state index in [2.05, 4.69) is 5.32 Å². The smallest absolute Gasteiger partial charge is 0.295 e. The molecule has 0 aliphatic rings. The van der Waals surface area contributed by atoms with Gasteiger partial charge in [0.05, 0.1) is 7.11 Å². The monoisotopic (exact) mass is 364 g/mol. The van der Waals surface area contributed by atoms with E-state index in [1.807, 2.05) is 31.2 Å². The van der Waals surface area contributed by atoms with E-state index < -0.39 is 11.5 Å². The Morgan fingerprint density at radius 3 is 2.67 bits per heavy atom. The average molecular weight is 364 g/mol. The molecule has 3 rings (SSSR count). The fraction of sp³-hybridized carbons (Fsp3) is 0.143. The number of nitrogens with zero attached hydrogens (tertiary/aromatic N) is 1. The molecule has 1 N–H and O–H groups in total. The van der Waals surface area contributed by atoms with Gasteiger partial charge in [-0.2, -0.15) is 4.73 Å². The second-order valence-electron chi connectivity index (χ2n) is 6.00. The van der Waals surface area contributed by atoms with E-state index in [4.69, 9.17) is 9.57 Å². The summed E-state index contributed by atoms with van der Waals surface area (Å²) in [7, 11) is 1.54. The summed E-state index contributed by atoms with van der Waals surface area (Å²) in [4.78, 5) is 30.6. The van der Waals surface area contributed by atoms with Gasteiger partial charge in [-0.3, -0.25) is 9.59 Å². The number of amides is 1. The highest BCUT2D eigenvalue weighted by molar-refractivity contribution is 6.04. The molecule has 0 fully saturated rings. The molecule has 3 aromatic rings. The molecule has 0 bridgehead atoms. The average Bonchev–Trinajstić information content (AvgIpc) is 2.67. The highest BCUT2D eigenvalue weighted by Gasteiger charge is 2.13. The van der Waals surface area contributed by atoms with Gasteiger partial charge < -0.3 is 14.9 Å². The maximum Gasteiger partial charge on any atom is 0.295 e. The van der Waals surface area contributed by atoms with Crippen LogP contribution in [0.5, 0.6) is 5.75 Å². The number of carbonyl (C=O) groups excluding carboxylic acids is 1. The molecular formula is C21H20N2O4. The summed E-state index contributed by atoms with van der Waals surface area (Å²) in [6.45, 7) is 2.21. The third-order valence-corrected chi connectivity index (χ3v) is 3.94. The van der Waals surface area contributed by atoms with Crippen LogP contribution < -0.4 is 20.5 Å². The Bertz CT molecular complexity index is 1010. The molecule has 0 aliphatic carbocycles. The van der Waals surface area contributed by atoms with Crippen molar-refractivity contribution < 1.29 is 14.4 Å². The Labute approximate surface area is 156 Å². The number of pyridine rings is 1. The van der Waals surface area contributed by atoms with E-state index in [1.165, 1.54) is 12.3 Å². The zero-order valence-electron chi connectivity index (χ0n) is 15.1. The van der Waals surface area contributed by atoms with Crippen LogP contribution in [-0.2, 0) is 6.61 Å². The van der Waals surface area contributed by atoms with Gasteiger partial charge in [-0.25, -0.2) is 0 Å². The van der Waals surface area contributed by atoms with Crippen LogP contribution in [0, 0.1) is 6.92 Å². The van der Waals surface area contributed by atoms with Crippen LogP contribution >= 0.6 is 0 Å². The molecular weight excluding hydrogens is 344 g/mol. The van der Waals surface area contributed by atoms with Crippen molar-refractivity contribution in [2.24, 2.45) is 0 Å². The zero-order chi connectivity index (χ0) is 19.2. The Kier molecular flexibility index (Phi) is 5.56. The minimum absolute atomic E-state index is 0.00966. The molecule has 6 nitrogen and oxygen atoms in total. The topological polar surface area (TPSA) is 69.6 Å². The number of rotatable bonds is 6. The van der Waals surface area contributed by atoms with Gasteiger partial charge in [0.2, 0.25) is 0 Å². The molecule has 0 spiro atoms. The summed E-state index contributed by atoms with van der Waals surface area (Å²) in [5.74, 6) is 0.0986. The van der Waals surface area contributed by atoms with Crippen molar-refractivity contribution >= 4 is 11.6 Å². The highest BCUT2D eigenvalue weighted by atomic mass is 16.7. The lowest BCUT2D eigenvalue weighted by Crippen LogP contribution is -2.32. The molecule has 0 aliphatic heterocycles. The lowest BCUT2D eigenvalue weighted by Gasteiger charge is -2.11. The Morgan fingerprint density at radius 1 is 1.07 bits per heavy atom. The van der Waals surface area contributed by atoms with E-state index in [1.54, 1.807) is 37.4 Å². The first kappa shape index (κ1) is 18.3. The number of benzene rings is 2. The van der Waals surface area contributed by atoms with E-state index in [-0.39, 0.29) is 12.2 Å². The van der Waals surface area contributed by atoms with Gasteiger partial charge in [0.1, 0.15) is 17.9 Å². The second kappa shape index (κ2) is 8.23. The SMILES string of the molecule is COc1cccc(NC(=O)c2cccn(OCc3cccc(C)c3)c2=O)c1. The maximum absolute atomic E-state index is 12.6. The summed E-state index contributed by atoms with van der Waals surface area (Å²) >= 11 is 0. The number of hydrogen-bond donors (Lipinski definition) is 1. The van der Waals surface area contributed by atoms with Gasteiger partial charge in [-0.05, 0) is 36.8 Å². The highest BCUT2D eigenvalue weighted by Crippen LogP contribution is 2.17. The number of hydrogen-bond acceptors (Lipinski definition) is 4. The van der Waals surface area contributed by atoms with Crippen LogP contribution in [0.2, 0.25) is 0 Å². The fourth-order valence-electron chi connectivity index (χ4n) is 2.59. The third kappa shape index (κ3) is 4.55. The molecule has 1 heterocycles. The minimum Gasteiger partial charge on any atom is -0.497 e. The van der Waals surface area contributed by atoms with Crippen LogP contribution in [0.3, 0.4) is 0 Å². The Morgan fingerprint density at radius 2 is 1.89 bits per heavy atom. The maximum atomic E-state index is 12.6. The Balaban J connectivity index is 1.75. The number of carbonyl (C=O) groups is 1. The zero-order valence-corrected chi connectivity index (χ0v) is 15.1. The number of anilines is 1.